The lowest BCUT2D eigenvalue weighted by atomic mass is 9.64. The predicted octanol–water partition coefficient (Wildman–Crippen LogP) is 2.62. The Labute approximate surface area is 114 Å². The molecule has 106 valence electrons. The third-order valence-electron chi connectivity index (χ3n) is 4.48. The van der Waals surface area contributed by atoms with Gasteiger partial charge in [-0.15, -0.1) is 0 Å². The van der Waals surface area contributed by atoms with Crippen LogP contribution in [0, 0.1) is 11.3 Å². The van der Waals surface area contributed by atoms with Crippen molar-refractivity contribution in [2.75, 3.05) is 7.11 Å². The van der Waals surface area contributed by atoms with Crippen LogP contribution in [0.25, 0.3) is 0 Å². The van der Waals surface area contributed by atoms with E-state index in [9.17, 15) is 9.59 Å². The minimum absolute atomic E-state index is 0.0773. The van der Waals surface area contributed by atoms with Gasteiger partial charge in [0.05, 0.1) is 13.0 Å². The van der Waals surface area contributed by atoms with E-state index in [-0.39, 0.29) is 29.4 Å². The summed E-state index contributed by atoms with van der Waals surface area (Å²) in [6, 6.07) is 0. The van der Waals surface area contributed by atoms with Gasteiger partial charge < -0.3 is 9.47 Å². The second kappa shape index (κ2) is 5.35. The van der Waals surface area contributed by atoms with Gasteiger partial charge in [-0.2, -0.15) is 0 Å². The summed E-state index contributed by atoms with van der Waals surface area (Å²) in [7, 11) is 1.44. The van der Waals surface area contributed by atoms with Crippen molar-refractivity contribution in [2.24, 2.45) is 11.3 Å². The predicted molar refractivity (Wildman–Crippen MR) is 70.3 cm³/mol. The number of esters is 2. The van der Waals surface area contributed by atoms with Gasteiger partial charge in [-0.25, -0.2) is 0 Å². The molecule has 4 heteroatoms. The summed E-state index contributed by atoms with van der Waals surface area (Å²) >= 11 is 0. The first-order valence-electron chi connectivity index (χ1n) is 6.92. The number of carbonyl (C=O) groups excluding carboxylic acids is 2. The Morgan fingerprint density at radius 1 is 1.32 bits per heavy atom. The molecular formula is C15H22O4. The number of rotatable bonds is 2. The van der Waals surface area contributed by atoms with Crippen molar-refractivity contribution in [3.63, 3.8) is 0 Å². The summed E-state index contributed by atoms with van der Waals surface area (Å²) in [4.78, 5) is 23.2. The topological polar surface area (TPSA) is 52.6 Å². The van der Waals surface area contributed by atoms with Crippen molar-refractivity contribution >= 4 is 11.9 Å². The maximum atomic E-state index is 12.1. The third kappa shape index (κ3) is 2.67. The third-order valence-corrected chi connectivity index (χ3v) is 4.48. The first kappa shape index (κ1) is 14.1. The Balaban J connectivity index is 2.30. The molecular weight excluding hydrogens is 244 g/mol. The Hall–Kier alpha value is -1.32. The van der Waals surface area contributed by atoms with Crippen LogP contribution in [0.4, 0.5) is 0 Å². The smallest absolute Gasteiger partial charge is 0.313 e. The van der Waals surface area contributed by atoms with Crippen LogP contribution < -0.4 is 0 Å². The zero-order valence-corrected chi connectivity index (χ0v) is 11.9. The lowest BCUT2D eigenvalue weighted by Gasteiger charge is -2.42. The minimum atomic E-state index is -0.265. The van der Waals surface area contributed by atoms with E-state index in [1.165, 1.54) is 14.0 Å². The van der Waals surface area contributed by atoms with Gasteiger partial charge in [0.15, 0.2) is 0 Å². The standard InChI is InChI=1S/C15H22O4/c1-10-8-12(19-11(2)16)9-15(6-4-5-7-15)13(10)14(17)18-3/h8,12-13H,4-7,9H2,1-3H3. The van der Waals surface area contributed by atoms with Crippen molar-refractivity contribution < 1.29 is 19.1 Å². The van der Waals surface area contributed by atoms with Gasteiger partial charge in [-0.05, 0) is 37.7 Å². The van der Waals surface area contributed by atoms with E-state index in [0.29, 0.717) is 0 Å². The monoisotopic (exact) mass is 266 g/mol. The molecule has 0 bridgehead atoms. The van der Waals surface area contributed by atoms with Crippen LogP contribution in [0.5, 0.6) is 0 Å². The molecule has 0 radical (unpaired) electrons. The average molecular weight is 266 g/mol. The maximum Gasteiger partial charge on any atom is 0.313 e. The molecule has 1 saturated carbocycles. The Morgan fingerprint density at radius 2 is 1.95 bits per heavy atom. The molecule has 2 atom stereocenters. The van der Waals surface area contributed by atoms with Crippen LogP contribution in [0.15, 0.2) is 11.6 Å². The Bertz CT molecular complexity index is 404. The average Bonchev–Trinajstić information content (AvgIpc) is 2.75. The van der Waals surface area contributed by atoms with Gasteiger partial charge in [-0.1, -0.05) is 18.4 Å². The van der Waals surface area contributed by atoms with Gasteiger partial charge in [-0.3, -0.25) is 9.59 Å². The highest BCUT2D eigenvalue weighted by Gasteiger charge is 2.50. The maximum absolute atomic E-state index is 12.1. The summed E-state index contributed by atoms with van der Waals surface area (Å²) in [5.41, 5.74) is 0.901. The molecule has 2 rings (SSSR count). The lowest BCUT2D eigenvalue weighted by Crippen LogP contribution is -2.42. The fourth-order valence-corrected chi connectivity index (χ4v) is 3.86. The van der Waals surface area contributed by atoms with Crippen molar-refractivity contribution in [1.29, 1.82) is 0 Å². The SMILES string of the molecule is COC(=O)C1C(C)=CC(OC(C)=O)CC12CCCC2. The summed E-state index contributed by atoms with van der Waals surface area (Å²) in [5.74, 6) is -0.595. The molecule has 4 nitrogen and oxygen atoms in total. The molecule has 0 N–H and O–H groups in total. The van der Waals surface area contributed by atoms with Crippen molar-refractivity contribution in [3.8, 4) is 0 Å². The molecule has 0 aromatic carbocycles. The highest BCUT2D eigenvalue weighted by molar-refractivity contribution is 5.77. The number of ether oxygens (including phenoxy) is 2. The van der Waals surface area contributed by atoms with Crippen LogP contribution in [0.3, 0.4) is 0 Å². The number of carbonyl (C=O) groups is 2. The van der Waals surface area contributed by atoms with Crippen molar-refractivity contribution in [3.05, 3.63) is 11.6 Å². The molecule has 0 aliphatic heterocycles. The number of hydrogen-bond acceptors (Lipinski definition) is 4. The van der Waals surface area contributed by atoms with Gasteiger partial charge in [0.2, 0.25) is 0 Å². The summed E-state index contributed by atoms with van der Waals surface area (Å²) in [5, 5.41) is 0. The first-order valence-corrected chi connectivity index (χ1v) is 6.92. The fourth-order valence-electron chi connectivity index (χ4n) is 3.86. The van der Waals surface area contributed by atoms with Gasteiger partial charge in [0.1, 0.15) is 6.10 Å². The molecule has 19 heavy (non-hydrogen) atoms. The van der Waals surface area contributed by atoms with Crippen LogP contribution in [-0.2, 0) is 19.1 Å². The van der Waals surface area contributed by atoms with E-state index in [1.807, 2.05) is 13.0 Å². The van der Waals surface area contributed by atoms with E-state index in [0.717, 1.165) is 37.7 Å². The molecule has 0 heterocycles. The number of methoxy groups -OCH3 is 1. The molecule has 0 saturated heterocycles. The zero-order valence-electron chi connectivity index (χ0n) is 11.9. The molecule has 2 aliphatic carbocycles. The van der Waals surface area contributed by atoms with Crippen molar-refractivity contribution in [2.45, 2.75) is 52.1 Å². The summed E-state index contributed by atoms with van der Waals surface area (Å²) in [6.07, 6.45) is 6.74. The number of hydrogen-bond donors (Lipinski definition) is 0. The normalized spacial score (nSPS) is 28.9. The summed E-state index contributed by atoms with van der Waals surface area (Å²) < 4.78 is 10.3. The highest BCUT2D eigenvalue weighted by atomic mass is 16.5. The van der Waals surface area contributed by atoms with Gasteiger partial charge in [0, 0.05) is 6.92 Å². The minimum Gasteiger partial charge on any atom is -0.469 e. The molecule has 0 amide bonds. The molecule has 2 unspecified atom stereocenters. The van der Waals surface area contributed by atoms with E-state index in [4.69, 9.17) is 9.47 Å². The Morgan fingerprint density at radius 3 is 2.47 bits per heavy atom. The fraction of sp³-hybridized carbons (Fsp3) is 0.733. The van der Waals surface area contributed by atoms with Gasteiger partial charge in [0.25, 0.3) is 0 Å². The molecule has 2 aliphatic rings. The van der Waals surface area contributed by atoms with Crippen LogP contribution in [0.1, 0.15) is 46.0 Å². The van der Waals surface area contributed by atoms with E-state index in [1.54, 1.807) is 0 Å². The zero-order chi connectivity index (χ0) is 14.0. The molecule has 1 spiro atoms. The quantitative estimate of drug-likeness (QED) is 0.569. The van der Waals surface area contributed by atoms with Crippen molar-refractivity contribution in [1.82, 2.24) is 0 Å². The molecule has 0 aromatic rings. The largest absolute Gasteiger partial charge is 0.469 e. The van der Waals surface area contributed by atoms with E-state index >= 15 is 0 Å². The van der Waals surface area contributed by atoms with Crippen LogP contribution in [0.2, 0.25) is 0 Å². The second-order valence-electron chi connectivity index (χ2n) is 5.79. The van der Waals surface area contributed by atoms with E-state index < -0.39 is 0 Å². The van der Waals surface area contributed by atoms with E-state index in [2.05, 4.69) is 0 Å². The Kier molecular flexibility index (Phi) is 3.97. The van der Waals surface area contributed by atoms with Gasteiger partial charge >= 0.3 is 11.9 Å². The molecule has 1 fully saturated rings. The molecule has 0 aromatic heterocycles. The first-order chi connectivity index (χ1) is 8.98. The summed E-state index contributed by atoms with van der Waals surface area (Å²) in [6.45, 7) is 3.37. The second-order valence-corrected chi connectivity index (χ2v) is 5.79. The van der Waals surface area contributed by atoms with Crippen LogP contribution >= 0.6 is 0 Å². The van der Waals surface area contributed by atoms with Crippen LogP contribution in [-0.4, -0.2) is 25.2 Å². The lowest BCUT2D eigenvalue weighted by molar-refractivity contribution is -0.152. The highest BCUT2D eigenvalue weighted by Crippen LogP contribution is 2.53.